The normalized spacial score (nSPS) is 11.4. The van der Waals surface area contributed by atoms with Crippen molar-refractivity contribution in [3.8, 4) is 0 Å². The summed E-state index contributed by atoms with van der Waals surface area (Å²) in [6, 6.07) is 14.6. The predicted molar refractivity (Wildman–Crippen MR) is 123 cm³/mol. The second kappa shape index (κ2) is 7.86. The summed E-state index contributed by atoms with van der Waals surface area (Å²) in [5.41, 5.74) is 4.72. The van der Waals surface area contributed by atoms with E-state index in [2.05, 4.69) is 25.5 Å². The molecule has 2 aromatic carbocycles. The van der Waals surface area contributed by atoms with Gasteiger partial charge in [-0.1, -0.05) is 12.1 Å². The van der Waals surface area contributed by atoms with Gasteiger partial charge in [0.25, 0.3) is 0 Å². The number of hydrogen-bond donors (Lipinski definition) is 1. The van der Waals surface area contributed by atoms with E-state index in [4.69, 9.17) is 0 Å². The van der Waals surface area contributed by atoms with Crippen molar-refractivity contribution in [2.24, 2.45) is 0 Å². The van der Waals surface area contributed by atoms with Gasteiger partial charge >= 0.3 is 0 Å². The van der Waals surface area contributed by atoms with E-state index >= 15 is 0 Å². The highest BCUT2D eigenvalue weighted by Gasteiger charge is 2.12. The van der Waals surface area contributed by atoms with E-state index in [0.717, 1.165) is 39.1 Å². The van der Waals surface area contributed by atoms with Gasteiger partial charge in [0.1, 0.15) is 17.7 Å². The smallest absolute Gasteiger partial charge is 0.158 e. The molecule has 162 valence electrons. The van der Waals surface area contributed by atoms with Gasteiger partial charge in [-0.05, 0) is 42.0 Å². The van der Waals surface area contributed by atoms with Gasteiger partial charge in [0, 0.05) is 35.2 Å². The monoisotopic (exact) mass is 438 g/mol. The van der Waals surface area contributed by atoms with Crippen molar-refractivity contribution in [3.63, 3.8) is 0 Å². The third-order valence-electron chi connectivity index (χ3n) is 5.58. The summed E-state index contributed by atoms with van der Waals surface area (Å²) >= 11 is 0. The van der Waals surface area contributed by atoms with E-state index in [1.165, 1.54) is 18.5 Å². The zero-order chi connectivity index (χ0) is 22.2. The maximum Gasteiger partial charge on any atom is 0.158 e. The molecule has 0 atom stereocenters. The minimum Gasteiger partial charge on any atom is -0.338 e. The Bertz CT molecular complexity index is 1560. The highest BCUT2D eigenvalue weighted by atomic mass is 19.1. The summed E-state index contributed by atoms with van der Waals surface area (Å²) in [5, 5.41) is 13.2. The van der Waals surface area contributed by atoms with Crippen LogP contribution in [0.1, 0.15) is 11.1 Å². The minimum atomic E-state index is -0.246. The number of rotatable bonds is 6. The Morgan fingerprint density at radius 1 is 0.970 bits per heavy atom. The Morgan fingerprint density at radius 2 is 1.94 bits per heavy atom. The standard InChI is InChI=1S/C24H19FN8/c25-20-3-1-2-17(10-20)13-33-22-5-4-21(11-19(22)12-28-33)30-24-23-18(14-31-9-7-26-16-31)6-8-32(23)29-15-27-24/h1-12,15-16H,13-14H2,(H,27,29,30). The van der Waals surface area contributed by atoms with Crippen molar-refractivity contribution in [2.75, 3.05) is 5.32 Å². The first-order valence-corrected chi connectivity index (χ1v) is 10.5. The van der Waals surface area contributed by atoms with Crippen molar-refractivity contribution in [1.29, 1.82) is 0 Å². The van der Waals surface area contributed by atoms with Crippen LogP contribution in [-0.4, -0.2) is 33.9 Å². The van der Waals surface area contributed by atoms with Crippen molar-refractivity contribution in [1.82, 2.24) is 33.9 Å². The number of anilines is 2. The first-order valence-electron chi connectivity index (χ1n) is 10.5. The molecule has 0 aliphatic carbocycles. The SMILES string of the molecule is Fc1cccc(Cn2ncc3cc(Nc4ncnn5ccc(Cn6ccnc6)c45)ccc32)c1. The van der Waals surface area contributed by atoms with Crippen LogP contribution in [-0.2, 0) is 13.1 Å². The Morgan fingerprint density at radius 3 is 2.82 bits per heavy atom. The third-order valence-corrected chi connectivity index (χ3v) is 5.58. The van der Waals surface area contributed by atoms with Crippen LogP contribution in [0.2, 0.25) is 0 Å². The van der Waals surface area contributed by atoms with Crippen LogP contribution >= 0.6 is 0 Å². The molecule has 0 saturated heterocycles. The third kappa shape index (κ3) is 3.69. The fraction of sp³-hybridized carbons (Fsp3) is 0.0833. The predicted octanol–water partition coefficient (Wildman–Crippen LogP) is 4.25. The quantitative estimate of drug-likeness (QED) is 0.421. The van der Waals surface area contributed by atoms with Crippen molar-refractivity contribution < 1.29 is 4.39 Å². The highest BCUT2D eigenvalue weighted by Crippen LogP contribution is 2.26. The number of nitrogens with zero attached hydrogens (tertiary/aromatic N) is 7. The molecular weight excluding hydrogens is 419 g/mol. The van der Waals surface area contributed by atoms with E-state index in [0.29, 0.717) is 13.1 Å². The average molecular weight is 438 g/mol. The molecule has 0 radical (unpaired) electrons. The van der Waals surface area contributed by atoms with Crippen LogP contribution in [0, 0.1) is 5.82 Å². The van der Waals surface area contributed by atoms with E-state index in [-0.39, 0.29) is 5.82 Å². The lowest BCUT2D eigenvalue weighted by atomic mass is 10.2. The van der Waals surface area contributed by atoms with E-state index in [1.54, 1.807) is 18.6 Å². The molecule has 9 heteroatoms. The number of fused-ring (bicyclic) bond motifs is 2. The van der Waals surface area contributed by atoms with Crippen molar-refractivity contribution >= 4 is 27.9 Å². The molecule has 0 saturated carbocycles. The Balaban J connectivity index is 1.30. The van der Waals surface area contributed by atoms with Gasteiger partial charge in [-0.2, -0.15) is 10.2 Å². The van der Waals surface area contributed by atoms with Gasteiger partial charge in [-0.3, -0.25) is 4.68 Å². The van der Waals surface area contributed by atoms with Crippen LogP contribution in [0.3, 0.4) is 0 Å². The van der Waals surface area contributed by atoms with Crippen molar-refractivity contribution in [2.45, 2.75) is 13.1 Å². The maximum absolute atomic E-state index is 13.5. The molecule has 1 N–H and O–H groups in total. The molecule has 8 nitrogen and oxygen atoms in total. The van der Waals surface area contributed by atoms with Crippen LogP contribution in [0.4, 0.5) is 15.9 Å². The van der Waals surface area contributed by atoms with Gasteiger partial charge in [-0.25, -0.2) is 18.9 Å². The molecule has 0 unspecified atom stereocenters. The topological polar surface area (TPSA) is 77.9 Å². The van der Waals surface area contributed by atoms with Crippen LogP contribution in [0.15, 0.2) is 86.0 Å². The summed E-state index contributed by atoms with van der Waals surface area (Å²) in [4.78, 5) is 8.61. The number of imidazole rings is 1. The fourth-order valence-electron chi connectivity index (χ4n) is 4.05. The largest absolute Gasteiger partial charge is 0.338 e. The number of nitrogens with one attached hydrogen (secondary N) is 1. The molecule has 0 aliphatic rings. The van der Waals surface area contributed by atoms with E-state index in [1.807, 2.05) is 62.7 Å². The van der Waals surface area contributed by atoms with Crippen LogP contribution in [0.5, 0.6) is 0 Å². The van der Waals surface area contributed by atoms with Crippen LogP contribution in [0.25, 0.3) is 16.4 Å². The fourth-order valence-corrected chi connectivity index (χ4v) is 4.05. The Labute approximate surface area is 188 Å². The Hall–Kier alpha value is -4.53. The highest BCUT2D eigenvalue weighted by molar-refractivity contribution is 5.85. The summed E-state index contributed by atoms with van der Waals surface area (Å²) in [6.07, 6.45) is 10.8. The van der Waals surface area contributed by atoms with Gasteiger partial charge in [-0.15, -0.1) is 0 Å². The maximum atomic E-state index is 13.5. The molecule has 0 fully saturated rings. The summed E-state index contributed by atoms with van der Waals surface area (Å²) in [6.45, 7) is 1.17. The summed E-state index contributed by atoms with van der Waals surface area (Å²) in [7, 11) is 0. The van der Waals surface area contributed by atoms with E-state index < -0.39 is 0 Å². The number of aromatic nitrogens is 7. The lowest BCUT2D eigenvalue weighted by Gasteiger charge is -2.10. The first-order chi connectivity index (χ1) is 16.2. The zero-order valence-corrected chi connectivity index (χ0v) is 17.5. The molecule has 4 heterocycles. The number of halogens is 1. The zero-order valence-electron chi connectivity index (χ0n) is 17.5. The van der Waals surface area contributed by atoms with E-state index in [9.17, 15) is 4.39 Å². The minimum absolute atomic E-state index is 0.246. The molecule has 4 aromatic heterocycles. The van der Waals surface area contributed by atoms with Gasteiger partial charge in [0.15, 0.2) is 5.82 Å². The van der Waals surface area contributed by atoms with Crippen LogP contribution < -0.4 is 5.32 Å². The molecule has 33 heavy (non-hydrogen) atoms. The van der Waals surface area contributed by atoms with Crippen molar-refractivity contribution in [3.05, 3.63) is 103 Å². The number of benzene rings is 2. The average Bonchev–Trinajstić information content (AvgIpc) is 3.56. The molecular formula is C24H19FN8. The number of hydrogen-bond acceptors (Lipinski definition) is 5. The molecule has 0 bridgehead atoms. The van der Waals surface area contributed by atoms with Gasteiger partial charge in [0.05, 0.1) is 31.1 Å². The van der Waals surface area contributed by atoms with Gasteiger partial charge < -0.3 is 9.88 Å². The second-order valence-electron chi connectivity index (χ2n) is 7.81. The summed E-state index contributed by atoms with van der Waals surface area (Å²) in [5.74, 6) is 0.473. The Kier molecular flexibility index (Phi) is 4.57. The van der Waals surface area contributed by atoms with Gasteiger partial charge in [0.2, 0.25) is 0 Å². The molecule has 0 spiro atoms. The molecule has 0 amide bonds. The summed E-state index contributed by atoms with van der Waals surface area (Å²) < 4.78 is 19.2. The second-order valence-corrected chi connectivity index (χ2v) is 7.81. The lowest BCUT2D eigenvalue weighted by molar-refractivity contribution is 0.621. The first kappa shape index (κ1) is 19.2. The molecule has 6 rings (SSSR count). The lowest BCUT2D eigenvalue weighted by Crippen LogP contribution is -2.03. The molecule has 6 aromatic rings. The molecule has 0 aliphatic heterocycles.